The standard InChI is InChI=1S/C14H30N4/c1-3-11-7-5-9-16-13(11)18-10-6-8-12(4-2)14(18)17-15/h11-14,16-17H,3-10,15H2,1-2H3. The molecule has 2 fully saturated rings. The van der Waals surface area contributed by atoms with Gasteiger partial charge >= 0.3 is 0 Å². The predicted molar refractivity (Wildman–Crippen MR) is 75.6 cm³/mol. The Hall–Kier alpha value is -0.160. The van der Waals surface area contributed by atoms with E-state index in [2.05, 4.69) is 29.5 Å². The second-order valence-electron chi connectivity index (χ2n) is 5.87. The van der Waals surface area contributed by atoms with Gasteiger partial charge < -0.3 is 5.32 Å². The molecule has 0 saturated carbocycles. The lowest BCUT2D eigenvalue weighted by atomic mass is 9.87. The molecule has 2 heterocycles. The largest absolute Gasteiger partial charge is 0.301 e. The molecule has 2 aliphatic heterocycles. The number of hydrogen-bond acceptors (Lipinski definition) is 4. The van der Waals surface area contributed by atoms with Crippen molar-refractivity contribution in [3.8, 4) is 0 Å². The van der Waals surface area contributed by atoms with Crippen molar-refractivity contribution in [3.05, 3.63) is 0 Å². The zero-order valence-corrected chi connectivity index (χ0v) is 12.0. The number of rotatable bonds is 4. The van der Waals surface area contributed by atoms with Crippen LogP contribution in [0.15, 0.2) is 0 Å². The second kappa shape index (κ2) is 6.85. The third kappa shape index (κ3) is 2.87. The van der Waals surface area contributed by atoms with Crippen LogP contribution in [0, 0.1) is 11.8 Å². The minimum absolute atomic E-state index is 0.355. The van der Waals surface area contributed by atoms with Gasteiger partial charge in [-0.25, -0.2) is 5.43 Å². The van der Waals surface area contributed by atoms with Crippen molar-refractivity contribution in [1.82, 2.24) is 15.6 Å². The summed E-state index contributed by atoms with van der Waals surface area (Å²) in [4.78, 5) is 2.60. The molecule has 0 bridgehead atoms. The zero-order chi connectivity index (χ0) is 13.0. The highest BCUT2D eigenvalue weighted by Gasteiger charge is 2.37. The second-order valence-corrected chi connectivity index (χ2v) is 5.87. The van der Waals surface area contributed by atoms with E-state index in [9.17, 15) is 0 Å². The highest BCUT2D eigenvalue weighted by molar-refractivity contribution is 4.89. The Morgan fingerprint density at radius 1 is 1.17 bits per heavy atom. The molecule has 0 aliphatic carbocycles. The third-order valence-electron chi connectivity index (χ3n) is 4.92. The molecule has 4 N–H and O–H groups in total. The van der Waals surface area contributed by atoms with E-state index >= 15 is 0 Å². The van der Waals surface area contributed by atoms with E-state index in [1.165, 1.54) is 45.1 Å². The maximum absolute atomic E-state index is 5.83. The van der Waals surface area contributed by atoms with E-state index in [0.717, 1.165) is 12.5 Å². The van der Waals surface area contributed by atoms with Crippen LogP contribution in [0.1, 0.15) is 52.4 Å². The highest BCUT2D eigenvalue weighted by atomic mass is 15.4. The van der Waals surface area contributed by atoms with Gasteiger partial charge in [0.1, 0.15) is 0 Å². The summed E-state index contributed by atoms with van der Waals surface area (Å²) < 4.78 is 0. The summed E-state index contributed by atoms with van der Waals surface area (Å²) in [6.45, 7) is 6.94. The molecule has 106 valence electrons. The van der Waals surface area contributed by atoms with Crippen LogP contribution in [-0.4, -0.2) is 30.3 Å². The molecule has 2 saturated heterocycles. The van der Waals surface area contributed by atoms with Gasteiger partial charge in [0.05, 0.1) is 12.3 Å². The Balaban J connectivity index is 2.08. The van der Waals surface area contributed by atoms with Gasteiger partial charge in [-0.2, -0.15) is 0 Å². The Bertz CT molecular complexity index is 246. The number of nitrogens with one attached hydrogen (secondary N) is 2. The van der Waals surface area contributed by atoms with Crippen LogP contribution in [-0.2, 0) is 0 Å². The molecule has 4 nitrogen and oxygen atoms in total. The number of hydrazine groups is 1. The number of hydrogen-bond donors (Lipinski definition) is 3. The van der Waals surface area contributed by atoms with E-state index in [0.29, 0.717) is 18.2 Å². The van der Waals surface area contributed by atoms with Gasteiger partial charge in [0.2, 0.25) is 0 Å². The molecular weight excluding hydrogens is 224 g/mol. The van der Waals surface area contributed by atoms with Crippen LogP contribution in [0.25, 0.3) is 0 Å². The van der Waals surface area contributed by atoms with E-state index in [1.807, 2.05) is 0 Å². The first kappa shape index (κ1) is 14.3. The average molecular weight is 254 g/mol. The number of likely N-dealkylation sites (tertiary alicyclic amines) is 1. The quantitative estimate of drug-likeness (QED) is 0.527. The summed E-state index contributed by atoms with van der Waals surface area (Å²) in [6, 6.07) is 0. The lowest BCUT2D eigenvalue weighted by Gasteiger charge is -2.48. The Morgan fingerprint density at radius 3 is 2.56 bits per heavy atom. The van der Waals surface area contributed by atoms with Gasteiger partial charge in [-0.15, -0.1) is 0 Å². The zero-order valence-electron chi connectivity index (χ0n) is 12.0. The van der Waals surface area contributed by atoms with Gasteiger partial charge in [-0.1, -0.05) is 26.7 Å². The monoisotopic (exact) mass is 254 g/mol. The molecule has 0 aromatic rings. The van der Waals surface area contributed by atoms with Gasteiger partial charge in [0.25, 0.3) is 0 Å². The summed E-state index contributed by atoms with van der Waals surface area (Å²) in [6.07, 6.45) is 8.67. The Labute approximate surface area is 112 Å². The van der Waals surface area contributed by atoms with E-state index in [-0.39, 0.29) is 0 Å². The minimum atomic E-state index is 0.355. The molecule has 4 atom stereocenters. The molecule has 0 radical (unpaired) electrons. The summed E-state index contributed by atoms with van der Waals surface area (Å²) in [7, 11) is 0. The fourth-order valence-corrected chi connectivity index (χ4v) is 3.83. The summed E-state index contributed by atoms with van der Waals surface area (Å²) >= 11 is 0. The first-order chi connectivity index (χ1) is 8.81. The molecular formula is C14H30N4. The number of nitrogens with two attached hydrogens (primary N) is 1. The molecule has 18 heavy (non-hydrogen) atoms. The van der Waals surface area contributed by atoms with Crippen molar-refractivity contribution in [2.75, 3.05) is 13.1 Å². The average Bonchev–Trinajstić information content (AvgIpc) is 2.46. The van der Waals surface area contributed by atoms with Gasteiger partial charge in [-0.3, -0.25) is 10.7 Å². The van der Waals surface area contributed by atoms with Crippen molar-refractivity contribution < 1.29 is 0 Å². The molecule has 0 amide bonds. The molecule has 2 rings (SSSR count). The fraction of sp³-hybridized carbons (Fsp3) is 1.00. The topological polar surface area (TPSA) is 53.3 Å². The highest BCUT2D eigenvalue weighted by Crippen LogP contribution is 2.30. The number of nitrogens with zero attached hydrogens (tertiary/aromatic N) is 1. The van der Waals surface area contributed by atoms with Gasteiger partial charge in [-0.05, 0) is 44.1 Å². The lowest BCUT2D eigenvalue weighted by Crippen LogP contribution is -2.64. The molecule has 4 heteroatoms. The maximum Gasteiger partial charge on any atom is 0.0767 e. The van der Waals surface area contributed by atoms with E-state index in [4.69, 9.17) is 5.84 Å². The van der Waals surface area contributed by atoms with Crippen LogP contribution < -0.4 is 16.6 Å². The Kier molecular flexibility index (Phi) is 5.42. The minimum Gasteiger partial charge on any atom is -0.301 e. The molecule has 0 spiro atoms. The van der Waals surface area contributed by atoms with Gasteiger partial charge in [0.15, 0.2) is 0 Å². The molecule has 0 aromatic carbocycles. The summed E-state index contributed by atoms with van der Waals surface area (Å²) in [5, 5.41) is 3.73. The van der Waals surface area contributed by atoms with Gasteiger partial charge in [0, 0.05) is 6.54 Å². The Morgan fingerprint density at radius 2 is 1.89 bits per heavy atom. The van der Waals surface area contributed by atoms with Crippen LogP contribution in [0.3, 0.4) is 0 Å². The van der Waals surface area contributed by atoms with Crippen molar-refractivity contribution in [2.24, 2.45) is 17.7 Å². The van der Waals surface area contributed by atoms with Crippen LogP contribution in [0.2, 0.25) is 0 Å². The smallest absolute Gasteiger partial charge is 0.0767 e. The predicted octanol–water partition coefficient (Wildman–Crippen LogP) is 1.63. The summed E-state index contributed by atoms with van der Waals surface area (Å²) in [5.74, 6) is 7.32. The molecule has 2 aliphatic rings. The first-order valence-electron chi connectivity index (χ1n) is 7.77. The first-order valence-corrected chi connectivity index (χ1v) is 7.77. The number of piperidine rings is 2. The fourth-order valence-electron chi connectivity index (χ4n) is 3.83. The SMILES string of the molecule is CCC1CCCN(C2NCCCC2CC)C1NN. The van der Waals surface area contributed by atoms with E-state index < -0.39 is 0 Å². The van der Waals surface area contributed by atoms with Crippen LogP contribution in [0.5, 0.6) is 0 Å². The maximum atomic E-state index is 5.83. The lowest BCUT2D eigenvalue weighted by molar-refractivity contribution is -0.0196. The van der Waals surface area contributed by atoms with E-state index in [1.54, 1.807) is 0 Å². The van der Waals surface area contributed by atoms with Crippen LogP contribution >= 0.6 is 0 Å². The molecule has 4 unspecified atom stereocenters. The van der Waals surface area contributed by atoms with Crippen LogP contribution in [0.4, 0.5) is 0 Å². The van der Waals surface area contributed by atoms with Crippen molar-refractivity contribution in [3.63, 3.8) is 0 Å². The van der Waals surface area contributed by atoms with Crippen molar-refractivity contribution in [2.45, 2.75) is 64.7 Å². The molecule has 0 aromatic heterocycles. The normalized spacial score (nSPS) is 38.8. The van der Waals surface area contributed by atoms with Crippen molar-refractivity contribution >= 4 is 0 Å². The third-order valence-corrected chi connectivity index (χ3v) is 4.92. The summed E-state index contributed by atoms with van der Waals surface area (Å²) in [5.41, 5.74) is 3.08. The van der Waals surface area contributed by atoms with Crippen molar-refractivity contribution in [1.29, 1.82) is 0 Å².